The van der Waals surface area contributed by atoms with Gasteiger partial charge in [-0.2, -0.15) is 0 Å². The number of nitrogens with one attached hydrogen (secondary N) is 1. The zero-order valence-electron chi connectivity index (χ0n) is 16.3. The Balaban J connectivity index is 1.76. The highest BCUT2D eigenvalue weighted by atomic mass is 32.2. The Hall–Kier alpha value is -2.58. The normalized spacial score (nSPS) is 14.6. The zero-order valence-corrected chi connectivity index (χ0v) is 17.1. The first-order valence-electron chi connectivity index (χ1n) is 9.05. The maximum atomic E-state index is 12.7. The average Bonchev–Trinajstić information content (AvgIpc) is 2.68. The van der Waals surface area contributed by atoms with Crippen LogP contribution in [0.4, 0.5) is 17.1 Å². The van der Waals surface area contributed by atoms with E-state index >= 15 is 0 Å². The smallest absolute Gasteiger partial charge is 0.256 e. The van der Waals surface area contributed by atoms with Gasteiger partial charge in [-0.25, -0.2) is 8.42 Å². The van der Waals surface area contributed by atoms with Gasteiger partial charge in [-0.1, -0.05) is 6.07 Å². The molecule has 2 aromatic carbocycles. The molecule has 150 valence electrons. The molecule has 8 heteroatoms. The third-order valence-corrected chi connectivity index (χ3v) is 6.08. The van der Waals surface area contributed by atoms with Gasteiger partial charge in [0.05, 0.1) is 25.2 Å². The fourth-order valence-electron chi connectivity index (χ4n) is 3.16. The van der Waals surface area contributed by atoms with Gasteiger partial charge in [-0.3, -0.25) is 9.10 Å². The van der Waals surface area contributed by atoms with E-state index in [1.54, 1.807) is 25.1 Å². The quantitative estimate of drug-likeness (QED) is 0.830. The lowest BCUT2D eigenvalue weighted by atomic mass is 10.1. The Labute approximate surface area is 166 Å². The molecule has 1 heterocycles. The molecule has 0 saturated carbocycles. The number of morpholine rings is 1. The number of nitrogens with zero attached hydrogens (tertiary/aromatic N) is 2. The molecular formula is C20H25N3O4S. The highest BCUT2D eigenvalue weighted by Crippen LogP contribution is 2.25. The molecular weight excluding hydrogens is 378 g/mol. The van der Waals surface area contributed by atoms with E-state index in [0.717, 1.165) is 38.2 Å². The summed E-state index contributed by atoms with van der Waals surface area (Å²) in [6.45, 7) is 4.89. The fraction of sp³-hybridized carbons (Fsp3) is 0.350. The minimum atomic E-state index is -3.41. The van der Waals surface area contributed by atoms with E-state index in [-0.39, 0.29) is 5.91 Å². The van der Waals surface area contributed by atoms with E-state index in [1.807, 2.05) is 24.3 Å². The van der Waals surface area contributed by atoms with Gasteiger partial charge in [0.25, 0.3) is 5.91 Å². The first kappa shape index (κ1) is 20.2. The van der Waals surface area contributed by atoms with E-state index in [9.17, 15) is 13.2 Å². The van der Waals surface area contributed by atoms with Gasteiger partial charge in [0.15, 0.2) is 0 Å². The Morgan fingerprint density at radius 3 is 2.36 bits per heavy atom. The topological polar surface area (TPSA) is 79.0 Å². The summed E-state index contributed by atoms with van der Waals surface area (Å²) in [4.78, 5) is 15.0. The van der Waals surface area contributed by atoms with Crippen LogP contribution in [0.1, 0.15) is 15.9 Å². The molecule has 1 amide bonds. The Kier molecular flexibility index (Phi) is 5.90. The predicted molar refractivity (Wildman–Crippen MR) is 112 cm³/mol. The van der Waals surface area contributed by atoms with Gasteiger partial charge >= 0.3 is 0 Å². The second-order valence-electron chi connectivity index (χ2n) is 6.78. The van der Waals surface area contributed by atoms with Crippen molar-refractivity contribution >= 4 is 33.0 Å². The van der Waals surface area contributed by atoms with Crippen LogP contribution in [0, 0.1) is 6.92 Å². The molecule has 7 nitrogen and oxygen atoms in total. The van der Waals surface area contributed by atoms with Gasteiger partial charge in [-0.05, 0) is 48.9 Å². The van der Waals surface area contributed by atoms with Crippen molar-refractivity contribution in [2.75, 3.05) is 54.1 Å². The van der Waals surface area contributed by atoms with E-state index in [4.69, 9.17) is 4.74 Å². The third kappa shape index (κ3) is 4.45. The van der Waals surface area contributed by atoms with E-state index in [1.165, 1.54) is 11.4 Å². The number of hydrogen-bond acceptors (Lipinski definition) is 5. The lowest BCUT2D eigenvalue weighted by Gasteiger charge is -2.28. The monoisotopic (exact) mass is 403 g/mol. The molecule has 1 fully saturated rings. The molecule has 0 aromatic heterocycles. The Morgan fingerprint density at radius 1 is 1.11 bits per heavy atom. The Bertz CT molecular complexity index is 952. The maximum absolute atomic E-state index is 12.7. The molecule has 3 rings (SSSR count). The van der Waals surface area contributed by atoms with E-state index < -0.39 is 10.0 Å². The SMILES string of the molecule is Cc1c(C(=O)Nc2ccc(N3CCOCC3)cc2)cccc1N(C)S(C)(=O)=O. The molecule has 28 heavy (non-hydrogen) atoms. The number of hydrogen-bond donors (Lipinski definition) is 1. The summed E-state index contributed by atoms with van der Waals surface area (Å²) in [5.41, 5.74) is 3.30. The molecule has 0 unspecified atom stereocenters. The van der Waals surface area contributed by atoms with Crippen LogP contribution in [0.3, 0.4) is 0 Å². The molecule has 0 radical (unpaired) electrons. The fourth-order valence-corrected chi connectivity index (χ4v) is 3.72. The van der Waals surface area contributed by atoms with Crippen molar-refractivity contribution in [3.63, 3.8) is 0 Å². The van der Waals surface area contributed by atoms with Crippen molar-refractivity contribution in [1.82, 2.24) is 0 Å². The molecule has 1 aliphatic heterocycles. The Morgan fingerprint density at radius 2 is 1.75 bits per heavy atom. The molecule has 2 aromatic rings. The van der Waals surface area contributed by atoms with Gasteiger partial charge in [-0.15, -0.1) is 0 Å². The molecule has 0 spiro atoms. The van der Waals surface area contributed by atoms with Gasteiger partial charge < -0.3 is 15.0 Å². The molecule has 1 aliphatic rings. The summed E-state index contributed by atoms with van der Waals surface area (Å²) in [5.74, 6) is -0.277. The minimum absolute atomic E-state index is 0.277. The summed E-state index contributed by atoms with van der Waals surface area (Å²) in [6.07, 6.45) is 1.13. The van der Waals surface area contributed by atoms with Crippen molar-refractivity contribution in [3.8, 4) is 0 Å². The average molecular weight is 404 g/mol. The molecule has 1 N–H and O–H groups in total. The van der Waals surface area contributed by atoms with Crippen LogP contribution in [-0.2, 0) is 14.8 Å². The summed E-state index contributed by atoms with van der Waals surface area (Å²) in [5, 5.41) is 2.88. The number of ether oxygens (including phenoxy) is 1. The number of benzene rings is 2. The van der Waals surface area contributed by atoms with Gasteiger partial charge in [0.1, 0.15) is 0 Å². The molecule has 0 atom stereocenters. The lowest BCUT2D eigenvalue weighted by molar-refractivity contribution is 0.102. The van der Waals surface area contributed by atoms with E-state index in [2.05, 4.69) is 10.2 Å². The summed E-state index contributed by atoms with van der Waals surface area (Å²) < 4.78 is 30.2. The van der Waals surface area contributed by atoms with E-state index in [0.29, 0.717) is 22.5 Å². The second-order valence-corrected chi connectivity index (χ2v) is 8.79. The van der Waals surface area contributed by atoms with Crippen molar-refractivity contribution in [2.45, 2.75) is 6.92 Å². The van der Waals surface area contributed by atoms with Crippen LogP contribution >= 0.6 is 0 Å². The summed E-state index contributed by atoms with van der Waals surface area (Å²) in [6, 6.07) is 12.7. The van der Waals surface area contributed by atoms with Crippen LogP contribution in [0.2, 0.25) is 0 Å². The first-order chi connectivity index (χ1) is 13.3. The highest BCUT2D eigenvalue weighted by Gasteiger charge is 2.19. The number of carbonyl (C=O) groups excluding carboxylic acids is 1. The number of anilines is 3. The van der Waals surface area contributed by atoms with Crippen LogP contribution in [0.5, 0.6) is 0 Å². The molecule has 1 saturated heterocycles. The highest BCUT2D eigenvalue weighted by molar-refractivity contribution is 7.92. The van der Waals surface area contributed by atoms with Crippen molar-refractivity contribution in [3.05, 3.63) is 53.6 Å². The second kappa shape index (κ2) is 8.20. The zero-order chi connectivity index (χ0) is 20.3. The summed E-state index contributed by atoms with van der Waals surface area (Å²) in [7, 11) is -1.93. The third-order valence-electron chi connectivity index (χ3n) is 4.89. The lowest BCUT2D eigenvalue weighted by Crippen LogP contribution is -2.36. The standard InChI is InChI=1S/C20H25N3O4S/c1-15-18(5-4-6-19(15)22(2)28(3,25)26)20(24)21-16-7-9-17(10-8-16)23-11-13-27-14-12-23/h4-10H,11-14H2,1-3H3,(H,21,24). The molecule has 0 bridgehead atoms. The van der Waals surface area contributed by atoms with Crippen molar-refractivity contribution in [2.24, 2.45) is 0 Å². The van der Waals surface area contributed by atoms with Gasteiger partial charge in [0, 0.05) is 37.1 Å². The van der Waals surface area contributed by atoms with Crippen LogP contribution in [-0.4, -0.2) is 53.9 Å². The first-order valence-corrected chi connectivity index (χ1v) is 10.9. The van der Waals surface area contributed by atoms with Crippen molar-refractivity contribution in [1.29, 1.82) is 0 Å². The summed E-state index contributed by atoms with van der Waals surface area (Å²) >= 11 is 0. The number of carbonyl (C=O) groups is 1. The van der Waals surface area contributed by atoms with Crippen molar-refractivity contribution < 1.29 is 17.9 Å². The van der Waals surface area contributed by atoms with Crippen LogP contribution in [0.15, 0.2) is 42.5 Å². The minimum Gasteiger partial charge on any atom is -0.378 e. The van der Waals surface area contributed by atoms with Crippen LogP contribution < -0.4 is 14.5 Å². The number of rotatable bonds is 5. The van der Waals surface area contributed by atoms with Gasteiger partial charge in [0.2, 0.25) is 10.0 Å². The predicted octanol–water partition coefficient (Wildman–Crippen LogP) is 2.48. The number of amides is 1. The largest absolute Gasteiger partial charge is 0.378 e. The number of sulfonamides is 1. The maximum Gasteiger partial charge on any atom is 0.256 e. The van der Waals surface area contributed by atoms with Crippen LogP contribution in [0.25, 0.3) is 0 Å². The molecule has 0 aliphatic carbocycles.